The number of rotatable bonds is 3. The molecule has 2 aliphatic rings. The second kappa shape index (κ2) is 7.56. The second-order valence-electron chi connectivity index (χ2n) is 7.47. The van der Waals surface area contributed by atoms with Crippen LogP contribution in [0, 0.1) is 0 Å². The Hall–Kier alpha value is -2.60. The van der Waals surface area contributed by atoms with Crippen molar-refractivity contribution >= 4 is 11.6 Å². The topological polar surface area (TPSA) is 94.2 Å². The van der Waals surface area contributed by atoms with Gasteiger partial charge in [-0.15, -0.1) is 0 Å². The van der Waals surface area contributed by atoms with Crippen LogP contribution in [-0.2, 0) is 13.0 Å². The molecule has 4 N–H and O–H groups in total. The zero-order valence-electron chi connectivity index (χ0n) is 15.3. The number of nitrogens with one attached hydrogen (secondary N) is 3. The van der Waals surface area contributed by atoms with Crippen LogP contribution in [0.1, 0.15) is 65.2 Å². The van der Waals surface area contributed by atoms with E-state index in [-0.39, 0.29) is 11.3 Å². The first-order chi connectivity index (χ1) is 13.1. The van der Waals surface area contributed by atoms with Gasteiger partial charge in [0.1, 0.15) is 11.3 Å². The lowest BCUT2D eigenvalue weighted by atomic mass is 9.84. The van der Waals surface area contributed by atoms with Gasteiger partial charge in [0.15, 0.2) is 0 Å². The summed E-state index contributed by atoms with van der Waals surface area (Å²) in [6.07, 6.45) is 6.94. The Balaban J connectivity index is 1.53. The van der Waals surface area contributed by atoms with E-state index in [0.29, 0.717) is 35.8 Å². The number of aromatic hydroxyl groups is 1. The molecule has 0 spiro atoms. The molecule has 0 atom stereocenters. The summed E-state index contributed by atoms with van der Waals surface area (Å²) in [6.45, 7) is 1.18. The van der Waals surface area contributed by atoms with E-state index in [9.17, 15) is 14.7 Å². The highest BCUT2D eigenvalue weighted by Gasteiger charge is 2.24. The van der Waals surface area contributed by atoms with Gasteiger partial charge in [0, 0.05) is 36.5 Å². The zero-order valence-corrected chi connectivity index (χ0v) is 15.3. The Bertz CT molecular complexity index is 896. The van der Waals surface area contributed by atoms with Gasteiger partial charge in [-0.05, 0) is 36.5 Å². The van der Waals surface area contributed by atoms with E-state index in [2.05, 4.69) is 15.6 Å². The van der Waals surface area contributed by atoms with Crippen molar-refractivity contribution in [2.24, 2.45) is 0 Å². The summed E-state index contributed by atoms with van der Waals surface area (Å²) < 4.78 is 0. The van der Waals surface area contributed by atoms with Gasteiger partial charge in [0.25, 0.3) is 11.5 Å². The molecule has 1 saturated carbocycles. The molecule has 0 radical (unpaired) electrons. The van der Waals surface area contributed by atoms with Crippen molar-refractivity contribution in [1.29, 1.82) is 0 Å². The van der Waals surface area contributed by atoms with Gasteiger partial charge in [-0.25, -0.2) is 0 Å². The van der Waals surface area contributed by atoms with Crippen LogP contribution in [0.3, 0.4) is 0 Å². The lowest BCUT2D eigenvalue weighted by Crippen LogP contribution is -2.31. The molecule has 0 bridgehead atoms. The number of aromatic amines is 1. The molecular formula is C21H25N3O3. The molecule has 2 aromatic rings. The van der Waals surface area contributed by atoms with Crippen molar-refractivity contribution in [3.8, 4) is 5.75 Å². The number of H-pyrrole nitrogens is 1. The van der Waals surface area contributed by atoms with E-state index in [1.54, 1.807) is 0 Å². The number of hydrogen-bond donors (Lipinski definition) is 4. The number of pyridine rings is 1. The van der Waals surface area contributed by atoms with Crippen LogP contribution in [0.4, 0.5) is 5.69 Å². The molecule has 0 unspecified atom stereocenters. The highest BCUT2D eigenvalue weighted by atomic mass is 16.3. The summed E-state index contributed by atoms with van der Waals surface area (Å²) in [5.74, 6) is -0.214. The standard InChI is InChI=1S/C21H25N3O3/c25-19-16-12-22-11-10-17(16)24-21(27)18(19)20(26)23-15-8-6-14(7-9-15)13-4-2-1-3-5-13/h6-9,13,22H,1-5,10-12H2,(H,23,26)(H2,24,25,27). The first-order valence-electron chi connectivity index (χ1n) is 9.72. The van der Waals surface area contributed by atoms with Crippen LogP contribution < -0.4 is 16.2 Å². The van der Waals surface area contributed by atoms with E-state index < -0.39 is 11.5 Å². The van der Waals surface area contributed by atoms with Crippen molar-refractivity contribution in [3.05, 3.63) is 57.0 Å². The largest absolute Gasteiger partial charge is 0.506 e. The van der Waals surface area contributed by atoms with Gasteiger partial charge in [-0.1, -0.05) is 31.4 Å². The molecule has 1 amide bonds. The van der Waals surface area contributed by atoms with E-state index >= 15 is 0 Å². The van der Waals surface area contributed by atoms with Gasteiger partial charge < -0.3 is 20.7 Å². The molecule has 1 aromatic heterocycles. The molecule has 1 aliphatic carbocycles. The number of hydrogen-bond acceptors (Lipinski definition) is 4. The van der Waals surface area contributed by atoms with Gasteiger partial charge in [-0.3, -0.25) is 9.59 Å². The predicted octanol–water partition coefficient (Wildman–Crippen LogP) is 3.03. The van der Waals surface area contributed by atoms with Gasteiger partial charge >= 0.3 is 0 Å². The molecule has 27 heavy (non-hydrogen) atoms. The number of fused-ring (bicyclic) bond motifs is 1. The minimum atomic E-state index is -0.590. The third-order valence-corrected chi connectivity index (χ3v) is 5.70. The van der Waals surface area contributed by atoms with Crippen LogP contribution in [-0.4, -0.2) is 22.5 Å². The Labute approximate surface area is 158 Å². The lowest BCUT2D eigenvalue weighted by Gasteiger charge is -2.22. The first-order valence-corrected chi connectivity index (χ1v) is 9.72. The minimum Gasteiger partial charge on any atom is -0.506 e. The van der Waals surface area contributed by atoms with Crippen LogP contribution in [0.25, 0.3) is 0 Å². The number of aromatic nitrogens is 1. The van der Waals surface area contributed by atoms with Crippen molar-refractivity contribution in [2.45, 2.75) is 51.0 Å². The maximum Gasteiger partial charge on any atom is 0.265 e. The molecule has 2 heterocycles. The van der Waals surface area contributed by atoms with Crippen LogP contribution >= 0.6 is 0 Å². The number of benzene rings is 1. The maximum absolute atomic E-state index is 12.6. The molecule has 1 aliphatic heterocycles. The van der Waals surface area contributed by atoms with E-state index in [0.717, 1.165) is 6.54 Å². The van der Waals surface area contributed by atoms with Gasteiger partial charge in [-0.2, -0.15) is 0 Å². The number of carbonyl (C=O) groups is 1. The molecule has 4 rings (SSSR count). The zero-order chi connectivity index (χ0) is 18.8. The molecule has 0 saturated heterocycles. The predicted molar refractivity (Wildman–Crippen MR) is 104 cm³/mol. The van der Waals surface area contributed by atoms with E-state index in [4.69, 9.17) is 0 Å². The summed E-state index contributed by atoms with van der Waals surface area (Å²) >= 11 is 0. The minimum absolute atomic E-state index is 0.225. The van der Waals surface area contributed by atoms with E-state index in [1.807, 2.05) is 24.3 Å². The highest BCUT2D eigenvalue weighted by Crippen LogP contribution is 2.33. The monoisotopic (exact) mass is 367 g/mol. The fourth-order valence-electron chi connectivity index (χ4n) is 4.19. The maximum atomic E-state index is 12.6. The number of anilines is 1. The molecule has 6 nitrogen and oxygen atoms in total. The SMILES string of the molecule is O=C(Nc1ccc(C2CCCCC2)cc1)c1c(O)c2c([nH]c1=O)CCNC2. The Kier molecular flexibility index (Phi) is 4.99. The highest BCUT2D eigenvalue weighted by molar-refractivity contribution is 6.06. The first kappa shape index (κ1) is 17.8. The van der Waals surface area contributed by atoms with E-state index in [1.165, 1.54) is 37.7 Å². The molecule has 6 heteroatoms. The quantitative estimate of drug-likeness (QED) is 0.671. The second-order valence-corrected chi connectivity index (χ2v) is 7.47. The van der Waals surface area contributed by atoms with Gasteiger partial charge in [0.2, 0.25) is 0 Å². The normalized spacial score (nSPS) is 17.3. The average molecular weight is 367 g/mol. The average Bonchev–Trinajstić information content (AvgIpc) is 2.69. The van der Waals surface area contributed by atoms with Crippen molar-refractivity contribution in [3.63, 3.8) is 0 Å². The van der Waals surface area contributed by atoms with Crippen LogP contribution in [0.2, 0.25) is 0 Å². The summed E-state index contributed by atoms with van der Waals surface area (Å²) in [6, 6.07) is 7.83. The summed E-state index contributed by atoms with van der Waals surface area (Å²) in [7, 11) is 0. The van der Waals surface area contributed by atoms with Gasteiger partial charge in [0.05, 0.1) is 0 Å². The number of amides is 1. The van der Waals surface area contributed by atoms with Crippen molar-refractivity contribution in [1.82, 2.24) is 10.3 Å². The third kappa shape index (κ3) is 3.62. The number of carbonyl (C=O) groups excluding carboxylic acids is 1. The fourth-order valence-corrected chi connectivity index (χ4v) is 4.19. The summed E-state index contributed by atoms with van der Waals surface area (Å²) in [5.41, 5.74) is 2.43. The lowest BCUT2D eigenvalue weighted by molar-refractivity contribution is 0.102. The Morgan fingerprint density at radius 2 is 1.85 bits per heavy atom. The van der Waals surface area contributed by atoms with Crippen LogP contribution in [0.15, 0.2) is 29.1 Å². The van der Waals surface area contributed by atoms with Crippen molar-refractivity contribution < 1.29 is 9.90 Å². The summed E-state index contributed by atoms with van der Waals surface area (Å²) in [5, 5.41) is 16.3. The Morgan fingerprint density at radius 1 is 1.11 bits per heavy atom. The van der Waals surface area contributed by atoms with Crippen LogP contribution in [0.5, 0.6) is 5.75 Å². The molecular weight excluding hydrogens is 342 g/mol. The molecule has 1 aromatic carbocycles. The molecule has 142 valence electrons. The molecule has 1 fully saturated rings. The smallest absolute Gasteiger partial charge is 0.265 e. The summed E-state index contributed by atoms with van der Waals surface area (Å²) in [4.78, 5) is 27.7. The van der Waals surface area contributed by atoms with Crippen molar-refractivity contribution in [2.75, 3.05) is 11.9 Å². The Morgan fingerprint density at radius 3 is 2.59 bits per heavy atom. The third-order valence-electron chi connectivity index (χ3n) is 5.70. The fraction of sp³-hybridized carbons (Fsp3) is 0.429.